The van der Waals surface area contributed by atoms with Gasteiger partial charge in [0.2, 0.25) is 0 Å². The van der Waals surface area contributed by atoms with Crippen LogP contribution in [0.5, 0.6) is 0 Å². The van der Waals surface area contributed by atoms with Crippen LogP contribution in [0.3, 0.4) is 0 Å². The molecule has 1 rings (SSSR count). The maximum absolute atomic E-state index is 12.4. The average Bonchev–Trinajstić information content (AvgIpc) is 2.16. The molecule has 1 aliphatic heterocycles. The van der Waals surface area contributed by atoms with Gasteiger partial charge in [-0.15, -0.1) is 3.89 Å². The highest BCUT2D eigenvalue weighted by atomic mass is 32.3. The first-order chi connectivity index (χ1) is 7.42. The molecule has 0 amide bonds. The quantitative estimate of drug-likeness (QED) is 0.548. The zero-order valence-electron chi connectivity index (χ0n) is 9.02. The molecule has 1 heterocycles. The molecule has 0 N–H and O–H groups in total. The largest absolute Gasteiger partial charge is 0.464 e. The third-order valence-electron chi connectivity index (χ3n) is 2.28. The Morgan fingerprint density at radius 3 is 2.75 bits per heavy atom. The van der Waals surface area contributed by atoms with Crippen LogP contribution in [0.2, 0.25) is 0 Å². The van der Waals surface area contributed by atoms with Gasteiger partial charge in [0.15, 0.2) is 6.10 Å². The van der Waals surface area contributed by atoms with Gasteiger partial charge in [0.1, 0.15) is 5.75 Å². The number of rotatable bonds is 4. The minimum absolute atomic E-state index is 0.241. The third-order valence-corrected chi connectivity index (χ3v) is 3.05. The van der Waals surface area contributed by atoms with E-state index in [1.165, 1.54) is 0 Å². The van der Waals surface area contributed by atoms with E-state index in [4.69, 9.17) is 9.47 Å². The summed E-state index contributed by atoms with van der Waals surface area (Å²) in [5.74, 6) is -1.20. The molecule has 94 valence electrons. The second kappa shape index (κ2) is 5.58. The number of esters is 1. The van der Waals surface area contributed by atoms with Crippen molar-refractivity contribution in [3.05, 3.63) is 0 Å². The lowest BCUT2D eigenvalue weighted by molar-refractivity contribution is -0.164. The molecular formula is C9H15FO5S. The average molecular weight is 254 g/mol. The summed E-state index contributed by atoms with van der Waals surface area (Å²) in [7, 11) is -4.56. The molecule has 0 radical (unpaired) electrons. The molecule has 1 fully saturated rings. The molecule has 0 aliphatic carbocycles. The molecule has 0 aromatic rings. The van der Waals surface area contributed by atoms with Gasteiger partial charge in [0.25, 0.3) is 0 Å². The number of ether oxygens (including phenoxy) is 2. The molecule has 7 heteroatoms. The predicted octanol–water partition coefficient (Wildman–Crippen LogP) is 0.787. The molecule has 0 aromatic heterocycles. The Hall–Kier alpha value is -0.690. The van der Waals surface area contributed by atoms with Crippen LogP contribution in [0.4, 0.5) is 3.89 Å². The maximum atomic E-state index is 12.4. The lowest BCUT2D eigenvalue weighted by Gasteiger charge is -2.27. The fourth-order valence-electron chi connectivity index (χ4n) is 1.65. The summed E-state index contributed by atoms with van der Waals surface area (Å²) in [6.45, 7) is 1.91. The van der Waals surface area contributed by atoms with Gasteiger partial charge in [-0.05, 0) is 26.2 Å². The third kappa shape index (κ3) is 4.44. The minimum atomic E-state index is -4.56. The summed E-state index contributed by atoms with van der Waals surface area (Å²) >= 11 is 0. The lowest BCUT2D eigenvalue weighted by atomic mass is 10.1. The zero-order chi connectivity index (χ0) is 12.2. The van der Waals surface area contributed by atoms with Crippen molar-refractivity contribution in [2.24, 2.45) is 0 Å². The van der Waals surface area contributed by atoms with Crippen molar-refractivity contribution >= 4 is 16.2 Å². The van der Waals surface area contributed by atoms with Crippen molar-refractivity contribution in [1.82, 2.24) is 0 Å². The normalized spacial score (nSPS) is 26.4. The molecule has 1 aliphatic rings. The van der Waals surface area contributed by atoms with E-state index >= 15 is 0 Å². The van der Waals surface area contributed by atoms with Crippen LogP contribution in [0.25, 0.3) is 0 Å². The number of carbonyl (C=O) groups is 1. The van der Waals surface area contributed by atoms with E-state index in [-0.39, 0.29) is 6.61 Å². The van der Waals surface area contributed by atoms with Crippen molar-refractivity contribution in [3.8, 4) is 0 Å². The molecule has 0 bridgehead atoms. The highest BCUT2D eigenvalue weighted by molar-refractivity contribution is 7.86. The lowest BCUT2D eigenvalue weighted by Crippen LogP contribution is -2.37. The second-order valence-electron chi connectivity index (χ2n) is 3.64. The van der Waals surface area contributed by atoms with Crippen molar-refractivity contribution in [1.29, 1.82) is 0 Å². The second-order valence-corrected chi connectivity index (χ2v) is 5.05. The van der Waals surface area contributed by atoms with Crippen LogP contribution in [0.15, 0.2) is 0 Å². The van der Waals surface area contributed by atoms with Crippen molar-refractivity contribution in [2.75, 3.05) is 12.4 Å². The Balaban J connectivity index is 2.50. The Morgan fingerprint density at radius 1 is 1.50 bits per heavy atom. The SMILES string of the molecule is CCOC(=O)[C@@H]1CCC[C@@H](CS(=O)(=O)F)O1. The first-order valence-electron chi connectivity index (χ1n) is 5.17. The zero-order valence-corrected chi connectivity index (χ0v) is 9.83. The van der Waals surface area contributed by atoms with Crippen LogP contribution < -0.4 is 0 Å². The molecule has 5 nitrogen and oxygen atoms in total. The summed E-state index contributed by atoms with van der Waals surface area (Å²) in [4.78, 5) is 11.3. The van der Waals surface area contributed by atoms with Gasteiger partial charge in [-0.1, -0.05) is 0 Å². The molecule has 0 unspecified atom stereocenters. The molecule has 0 aromatic carbocycles. The van der Waals surface area contributed by atoms with Gasteiger partial charge in [0, 0.05) is 0 Å². The predicted molar refractivity (Wildman–Crippen MR) is 54.0 cm³/mol. The van der Waals surface area contributed by atoms with E-state index in [0.29, 0.717) is 19.3 Å². The van der Waals surface area contributed by atoms with Crippen LogP contribution in [-0.2, 0) is 24.5 Å². The summed E-state index contributed by atoms with van der Waals surface area (Å²) in [6, 6.07) is 0. The van der Waals surface area contributed by atoms with E-state index in [1.54, 1.807) is 6.92 Å². The van der Waals surface area contributed by atoms with E-state index in [0.717, 1.165) is 0 Å². The summed E-state index contributed by atoms with van der Waals surface area (Å²) in [5, 5.41) is 0. The van der Waals surface area contributed by atoms with E-state index in [1.807, 2.05) is 0 Å². The van der Waals surface area contributed by atoms with Gasteiger partial charge < -0.3 is 9.47 Å². The smallest absolute Gasteiger partial charge is 0.335 e. The Labute approximate surface area is 94.1 Å². The molecule has 16 heavy (non-hydrogen) atoms. The van der Waals surface area contributed by atoms with Crippen LogP contribution in [0, 0.1) is 0 Å². The summed E-state index contributed by atoms with van der Waals surface area (Å²) in [5.41, 5.74) is 0. The number of hydrogen-bond acceptors (Lipinski definition) is 5. The minimum Gasteiger partial charge on any atom is -0.464 e. The van der Waals surface area contributed by atoms with Gasteiger partial charge in [-0.25, -0.2) is 4.79 Å². The van der Waals surface area contributed by atoms with Gasteiger partial charge in [-0.2, -0.15) is 8.42 Å². The molecule has 1 saturated heterocycles. The van der Waals surface area contributed by atoms with Crippen LogP contribution in [-0.4, -0.2) is 39.0 Å². The Morgan fingerprint density at radius 2 is 2.19 bits per heavy atom. The fourth-order valence-corrected chi connectivity index (χ4v) is 2.34. The maximum Gasteiger partial charge on any atom is 0.335 e. The first-order valence-corrected chi connectivity index (χ1v) is 6.72. The Bertz CT molecular complexity index is 340. The number of halogens is 1. The van der Waals surface area contributed by atoms with Crippen molar-refractivity contribution in [3.63, 3.8) is 0 Å². The van der Waals surface area contributed by atoms with Crippen molar-refractivity contribution in [2.45, 2.75) is 38.4 Å². The standard InChI is InChI=1S/C9H15FO5S/c1-2-14-9(11)8-5-3-4-7(15-8)6-16(10,12)13/h7-8H,2-6H2,1H3/t7-,8-/m0/s1. The van der Waals surface area contributed by atoms with E-state index in [9.17, 15) is 17.1 Å². The summed E-state index contributed by atoms with van der Waals surface area (Å²) in [6.07, 6.45) is 0.0447. The van der Waals surface area contributed by atoms with Gasteiger partial charge >= 0.3 is 16.2 Å². The van der Waals surface area contributed by atoms with Crippen LogP contribution in [0.1, 0.15) is 26.2 Å². The van der Waals surface area contributed by atoms with E-state index < -0.39 is 34.2 Å². The topological polar surface area (TPSA) is 69.7 Å². The molecule has 0 saturated carbocycles. The summed E-state index contributed by atoms with van der Waals surface area (Å²) < 4.78 is 43.2. The molecule has 0 spiro atoms. The van der Waals surface area contributed by atoms with Gasteiger partial charge in [-0.3, -0.25) is 0 Å². The molecule has 2 atom stereocenters. The fraction of sp³-hybridized carbons (Fsp3) is 0.889. The van der Waals surface area contributed by atoms with E-state index in [2.05, 4.69) is 0 Å². The number of hydrogen-bond donors (Lipinski definition) is 0. The highest BCUT2D eigenvalue weighted by Crippen LogP contribution is 2.21. The Kier molecular flexibility index (Phi) is 4.67. The highest BCUT2D eigenvalue weighted by Gasteiger charge is 2.31. The van der Waals surface area contributed by atoms with Gasteiger partial charge in [0.05, 0.1) is 12.7 Å². The van der Waals surface area contributed by atoms with Crippen molar-refractivity contribution < 1.29 is 26.6 Å². The first kappa shape index (κ1) is 13.4. The molecular weight excluding hydrogens is 239 g/mol. The van der Waals surface area contributed by atoms with Crippen LogP contribution >= 0.6 is 0 Å². The number of carbonyl (C=O) groups excluding carboxylic acids is 1. The monoisotopic (exact) mass is 254 g/mol.